The van der Waals surface area contributed by atoms with Crippen LogP contribution in [0.3, 0.4) is 0 Å². The zero-order valence-electron chi connectivity index (χ0n) is 26.6. The molecule has 1 fully saturated rings. The number of methoxy groups -OCH3 is 4. The minimum absolute atomic E-state index is 0.0903. The van der Waals surface area contributed by atoms with Gasteiger partial charge in [0, 0.05) is 23.0 Å². The Kier molecular flexibility index (Phi) is 11.1. The third-order valence-electron chi connectivity index (χ3n) is 8.11. The SMILES string of the molecule is COc1ccc(CCN(C(=O)Cn2nnc(-c3ccc(OC)c(OC)c3)n2)C(C(=O)NC2CCCCC2)c2cccs2)cc1OC. The molecule has 2 amide bonds. The molecule has 13 heteroatoms. The normalized spacial score (nSPS) is 13.9. The lowest BCUT2D eigenvalue weighted by Gasteiger charge is -2.32. The number of amides is 2. The molecule has 46 heavy (non-hydrogen) atoms. The molecule has 1 unspecified atom stereocenters. The Labute approximate surface area is 272 Å². The van der Waals surface area contributed by atoms with Crippen LogP contribution in [-0.4, -0.2) is 77.9 Å². The van der Waals surface area contributed by atoms with Gasteiger partial charge in [-0.2, -0.15) is 4.80 Å². The lowest BCUT2D eigenvalue weighted by Crippen LogP contribution is -2.48. The summed E-state index contributed by atoms with van der Waals surface area (Å²) in [5.74, 6) is 2.14. The number of nitrogens with zero attached hydrogens (tertiary/aromatic N) is 5. The van der Waals surface area contributed by atoms with Gasteiger partial charge < -0.3 is 29.2 Å². The highest BCUT2D eigenvalue weighted by Gasteiger charge is 2.34. The maximum absolute atomic E-state index is 14.2. The lowest BCUT2D eigenvalue weighted by atomic mass is 9.95. The summed E-state index contributed by atoms with van der Waals surface area (Å²) in [6.45, 7) is 0.0665. The van der Waals surface area contributed by atoms with Crippen molar-refractivity contribution >= 4 is 23.2 Å². The number of hydrogen-bond donors (Lipinski definition) is 1. The first-order valence-electron chi connectivity index (χ1n) is 15.3. The van der Waals surface area contributed by atoms with Crippen LogP contribution in [0.15, 0.2) is 53.9 Å². The van der Waals surface area contributed by atoms with Gasteiger partial charge in [-0.15, -0.1) is 21.5 Å². The molecule has 1 N–H and O–H groups in total. The van der Waals surface area contributed by atoms with Gasteiger partial charge in [0.15, 0.2) is 23.0 Å². The van der Waals surface area contributed by atoms with Crippen molar-refractivity contribution in [3.63, 3.8) is 0 Å². The number of benzene rings is 2. The van der Waals surface area contributed by atoms with Gasteiger partial charge in [0.25, 0.3) is 0 Å². The topological polar surface area (TPSA) is 130 Å². The fraction of sp³-hybridized carbons (Fsp3) is 0.424. The van der Waals surface area contributed by atoms with Crippen molar-refractivity contribution in [2.45, 2.75) is 57.2 Å². The Bertz CT molecular complexity index is 1600. The first-order chi connectivity index (χ1) is 22.4. The molecule has 244 valence electrons. The standard InChI is InChI=1S/C33H40N6O6S/c1-42-25-14-12-22(19-27(25)44-3)16-17-38(31(29-11-8-18-46-29)33(41)34-24-9-6-5-7-10-24)30(40)21-39-36-32(35-37-39)23-13-15-26(43-2)28(20-23)45-4/h8,11-15,18-20,24,31H,5-7,9-10,16-17,21H2,1-4H3,(H,34,41). The average Bonchev–Trinajstić information content (AvgIpc) is 3.79. The summed E-state index contributed by atoms with van der Waals surface area (Å²) in [6, 6.07) is 14.0. The van der Waals surface area contributed by atoms with Gasteiger partial charge in [-0.1, -0.05) is 31.4 Å². The van der Waals surface area contributed by atoms with E-state index in [4.69, 9.17) is 18.9 Å². The quantitative estimate of drug-likeness (QED) is 0.207. The molecule has 1 aliphatic rings. The summed E-state index contributed by atoms with van der Waals surface area (Å²) < 4.78 is 21.6. The summed E-state index contributed by atoms with van der Waals surface area (Å²) >= 11 is 1.45. The number of carbonyl (C=O) groups excluding carboxylic acids is 2. The van der Waals surface area contributed by atoms with Crippen molar-refractivity contribution in [3.05, 3.63) is 64.4 Å². The van der Waals surface area contributed by atoms with Crippen LogP contribution in [0.25, 0.3) is 11.4 Å². The summed E-state index contributed by atoms with van der Waals surface area (Å²) in [5, 5.41) is 18.0. The number of aromatic nitrogens is 4. The van der Waals surface area contributed by atoms with Gasteiger partial charge >= 0.3 is 0 Å². The van der Waals surface area contributed by atoms with E-state index >= 15 is 0 Å². The van der Waals surface area contributed by atoms with Crippen LogP contribution in [0.5, 0.6) is 23.0 Å². The highest BCUT2D eigenvalue weighted by Crippen LogP contribution is 2.32. The molecule has 1 saturated carbocycles. The number of carbonyl (C=O) groups is 2. The number of tetrazole rings is 1. The van der Waals surface area contributed by atoms with Gasteiger partial charge in [0.2, 0.25) is 17.6 Å². The smallest absolute Gasteiger partial charge is 0.248 e. The Morgan fingerprint density at radius 1 is 0.935 bits per heavy atom. The first-order valence-corrected chi connectivity index (χ1v) is 16.2. The Morgan fingerprint density at radius 3 is 2.30 bits per heavy atom. The highest BCUT2D eigenvalue weighted by atomic mass is 32.1. The summed E-state index contributed by atoms with van der Waals surface area (Å²) in [6.07, 6.45) is 5.68. The number of nitrogens with one attached hydrogen (secondary N) is 1. The van der Waals surface area contributed by atoms with Crippen LogP contribution in [0, 0.1) is 0 Å². The predicted octanol–water partition coefficient (Wildman–Crippen LogP) is 4.70. The highest BCUT2D eigenvalue weighted by molar-refractivity contribution is 7.10. The molecule has 4 aromatic rings. The first kappa shape index (κ1) is 32.7. The second-order valence-corrected chi connectivity index (χ2v) is 12.0. The fourth-order valence-corrected chi connectivity index (χ4v) is 6.53. The van der Waals surface area contributed by atoms with Gasteiger partial charge in [0.1, 0.15) is 12.6 Å². The van der Waals surface area contributed by atoms with Gasteiger partial charge in [-0.25, -0.2) is 0 Å². The summed E-state index contributed by atoms with van der Waals surface area (Å²) in [4.78, 5) is 31.8. The summed E-state index contributed by atoms with van der Waals surface area (Å²) in [5.41, 5.74) is 1.59. The fourth-order valence-electron chi connectivity index (χ4n) is 5.69. The van der Waals surface area contributed by atoms with Gasteiger partial charge in [0.05, 0.1) is 28.4 Å². The predicted molar refractivity (Wildman–Crippen MR) is 173 cm³/mol. The number of rotatable bonds is 14. The van der Waals surface area contributed by atoms with E-state index in [2.05, 4.69) is 20.7 Å². The van der Waals surface area contributed by atoms with Crippen molar-refractivity contribution in [3.8, 4) is 34.4 Å². The van der Waals surface area contributed by atoms with Crippen LogP contribution in [0.2, 0.25) is 0 Å². The molecular weight excluding hydrogens is 608 g/mol. The number of hydrogen-bond acceptors (Lipinski definition) is 10. The Balaban J connectivity index is 1.42. The Hall–Kier alpha value is -4.65. The molecule has 0 radical (unpaired) electrons. The lowest BCUT2D eigenvalue weighted by molar-refractivity contribution is -0.142. The molecule has 2 aromatic carbocycles. The second-order valence-electron chi connectivity index (χ2n) is 11.0. The molecule has 0 spiro atoms. The maximum Gasteiger partial charge on any atom is 0.248 e. The molecule has 2 heterocycles. The van der Waals surface area contributed by atoms with E-state index in [0.29, 0.717) is 40.8 Å². The van der Waals surface area contributed by atoms with Crippen molar-refractivity contribution in [1.82, 2.24) is 30.4 Å². The molecule has 5 rings (SSSR count). The molecular formula is C33H40N6O6S. The third-order valence-corrected chi connectivity index (χ3v) is 9.03. The largest absolute Gasteiger partial charge is 0.493 e. The number of ether oxygens (including phenoxy) is 4. The molecule has 0 bridgehead atoms. The van der Waals surface area contributed by atoms with Gasteiger partial charge in [-0.05, 0) is 71.8 Å². The van der Waals surface area contributed by atoms with Crippen molar-refractivity contribution in [2.24, 2.45) is 0 Å². The second kappa shape index (κ2) is 15.6. The van der Waals surface area contributed by atoms with E-state index < -0.39 is 6.04 Å². The minimum atomic E-state index is -0.816. The molecule has 1 atom stereocenters. The van der Waals surface area contributed by atoms with E-state index in [0.717, 1.165) is 36.1 Å². The van der Waals surface area contributed by atoms with Crippen LogP contribution in [0.4, 0.5) is 0 Å². The minimum Gasteiger partial charge on any atom is -0.493 e. The summed E-state index contributed by atoms with van der Waals surface area (Å²) in [7, 11) is 6.29. The van der Waals surface area contributed by atoms with Crippen LogP contribution in [-0.2, 0) is 22.6 Å². The van der Waals surface area contributed by atoms with E-state index in [-0.39, 0.29) is 30.9 Å². The third kappa shape index (κ3) is 7.76. The van der Waals surface area contributed by atoms with Crippen molar-refractivity contribution in [2.75, 3.05) is 35.0 Å². The molecule has 1 aliphatic carbocycles. The Morgan fingerprint density at radius 2 is 1.63 bits per heavy atom. The van der Waals surface area contributed by atoms with Crippen LogP contribution in [0.1, 0.15) is 48.6 Å². The van der Waals surface area contributed by atoms with Gasteiger partial charge in [-0.3, -0.25) is 9.59 Å². The average molecular weight is 649 g/mol. The zero-order valence-corrected chi connectivity index (χ0v) is 27.4. The molecule has 0 aliphatic heterocycles. The van der Waals surface area contributed by atoms with Crippen molar-refractivity contribution < 1.29 is 28.5 Å². The van der Waals surface area contributed by atoms with Crippen LogP contribution < -0.4 is 24.3 Å². The van der Waals surface area contributed by atoms with E-state index in [1.54, 1.807) is 51.5 Å². The molecule has 12 nitrogen and oxygen atoms in total. The van der Waals surface area contributed by atoms with E-state index in [9.17, 15) is 9.59 Å². The maximum atomic E-state index is 14.2. The van der Waals surface area contributed by atoms with Crippen LogP contribution >= 0.6 is 11.3 Å². The van der Waals surface area contributed by atoms with E-state index in [1.165, 1.54) is 22.6 Å². The van der Waals surface area contributed by atoms with Crippen molar-refractivity contribution in [1.29, 1.82) is 0 Å². The molecule has 0 saturated heterocycles. The number of thiophene rings is 1. The molecule has 2 aromatic heterocycles. The zero-order chi connectivity index (χ0) is 32.5. The monoisotopic (exact) mass is 648 g/mol. The van der Waals surface area contributed by atoms with E-state index in [1.807, 2.05) is 35.7 Å².